The number of phenols is 1. The summed E-state index contributed by atoms with van der Waals surface area (Å²) < 4.78 is 5.12. The number of methoxy groups -OCH3 is 1. The van der Waals surface area contributed by atoms with E-state index in [9.17, 15) is 9.90 Å². The van der Waals surface area contributed by atoms with Crippen molar-refractivity contribution < 1.29 is 14.6 Å². The van der Waals surface area contributed by atoms with E-state index in [0.29, 0.717) is 22.7 Å². The Labute approximate surface area is 110 Å². The summed E-state index contributed by atoms with van der Waals surface area (Å²) in [5.74, 6) is 0.252. The predicted molar refractivity (Wildman–Crippen MR) is 73.5 cm³/mol. The zero-order valence-corrected chi connectivity index (χ0v) is 10.4. The van der Waals surface area contributed by atoms with Gasteiger partial charge in [0.1, 0.15) is 11.5 Å². The van der Waals surface area contributed by atoms with Gasteiger partial charge in [-0.25, -0.2) is 0 Å². The van der Waals surface area contributed by atoms with E-state index in [1.807, 2.05) is 0 Å². The molecule has 5 nitrogen and oxygen atoms in total. The van der Waals surface area contributed by atoms with Crippen molar-refractivity contribution in [3.63, 3.8) is 0 Å². The lowest BCUT2D eigenvalue weighted by Crippen LogP contribution is -2.13. The highest BCUT2D eigenvalue weighted by Crippen LogP contribution is 2.23. The fourth-order valence-corrected chi connectivity index (χ4v) is 1.64. The van der Waals surface area contributed by atoms with E-state index in [2.05, 4.69) is 5.32 Å². The number of carbonyl (C=O) groups is 1. The number of nitrogens with one attached hydrogen (secondary N) is 1. The number of aromatic hydroxyl groups is 1. The molecule has 0 bridgehead atoms. The van der Waals surface area contributed by atoms with E-state index in [1.165, 1.54) is 19.2 Å². The molecule has 1 amide bonds. The lowest BCUT2D eigenvalue weighted by molar-refractivity contribution is 0.102. The Kier molecular flexibility index (Phi) is 3.56. The molecule has 4 N–H and O–H groups in total. The Balaban J connectivity index is 2.22. The molecule has 0 aliphatic rings. The number of benzene rings is 2. The Morgan fingerprint density at radius 1 is 1.21 bits per heavy atom. The van der Waals surface area contributed by atoms with Crippen molar-refractivity contribution in [1.29, 1.82) is 0 Å². The highest BCUT2D eigenvalue weighted by atomic mass is 16.5. The number of ether oxygens (including phenoxy) is 1. The van der Waals surface area contributed by atoms with E-state index in [1.54, 1.807) is 30.3 Å². The number of rotatable bonds is 3. The summed E-state index contributed by atoms with van der Waals surface area (Å²) in [5, 5.41) is 11.9. The van der Waals surface area contributed by atoms with Crippen LogP contribution in [0.15, 0.2) is 42.5 Å². The molecule has 2 rings (SSSR count). The zero-order valence-electron chi connectivity index (χ0n) is 10.4. The third-order valence-electron chi connectivity index (χ3n) is 2.60. The van der Waals surface area contributed by atoms with Gasteiger partial charge in [-0.1, -0.05) is 0 Å². The van der Waals surface area contributed by atoms with Crippen LogP contribution in [0.4, 0.5) is 11.4 Å². The first-order valence-electron chi connectivity index (χ1n) is 5.64. The molecule has 0 saturated heterocycles. The van der Waals surface area contributed by atoms with Gasteiger partial charge in [-0.3, -0.25) is 4.79 Å². The van der Waals surface area contributed by atoms with Crippen LogP contribution < -0.4 is 15.8 Å². The maximum Gasteiger partial charge on any atom is 0.259 e. The third kappa shape index (κ3) is 2.95. The minimum absolute atomic E-state index is 0.142. The van der Waals surface area contributed by atoms with Gasteiger partial charge < -0.3 is 20.9 Å². The zero-order chi connectivity index (χ0) is 13.8. The smallest absolute Gasteiger partial charge is 0.259 e. The molecule has 0 fully saturated rings. The highest BCUT2D eigenvalue weighted by molar-refractivity contribution is 6.06. The summed E-state index contributed by atoms with van der Waals surface area (Å²) in [6, 6.07) is 11.0. The second kappa shape index (κ2) is 5.30. The molecule has 2 aromatic carbocycles. The molecule has 0 spiro atoms. The molecule has 0 atom stereocenters. The van der Waals surface area contributed by atoms with Crippen LogP contribution in [0.1, 0.15) is 10.4 Å². The number of anilines is 2. The van der Waals surface area contributed by atoms with E-state index in [-0.39, 0.29) is 11.7 Å². The molecule has 0 radical (unpaired) electrons. The Bertz CT molecular complexity index is 594. The molecule has 0 aliphatic carbocycles. The van der Waals surface area contributed by atoms with Gasteiger partial charge in [-0.05, 0) is 36.4 Å². The fraction of sp³-hybridized carbons (Fsp3) is 0.0714. The molecular weight excluding hydrogens is 244 g/mol. The summed E-state index contributed by atoms with van der Waals surface area (Å²) in [4.78, 5) is 12.1. The van der Waals surface area contributed by atoms with Gasteiger partial charge in [0.25, 0.3) is 5.91 Å². The molecule has 0 saturated carbocycles. The number of hydrogen-bond acceptors (Lipinski definition) is 4. The van der Waals surface area contributed by atoms with Crippen molar-refractivity contribution in [2.45, 2.75) is 0 Å². The van der Waals surface area contributed by atoms with E-state index in [4.69, 9.17) is 10.5 Å². The molecule has 19 heavy (non-hydrogen) atoms. The van der Waals surface area contributed by atoms with Crippen molar-refractivity contribution in [3.05, 3.63) is 48.0 Å². The van der Waals surface area contributed by atoms with E-state index >= 15 is 0 Å². The molecule has 0 unspecified atom stereocenters. The predicted octanol–water partition coefficient (Wildman–Crippen LogP) is 2.24. The van der Waals surface area contributed by atoms with Crippen LogP contribution in [0.3, 0.4) is 0 Å². The Hall–Kier alpha value is -2.69. The quantitative estimate of drug-likeness (QED) is 0.582. The van der Waals surface area contributed by atoms with Crippen LogP contribution in [0.25, 0.3) is 0 Å². The molecule has 5 heteroatoms. The van der Waals surface area contributed by atoms with Crippen LogP contribution in [0.5, 0.6) is 11.5 Å². The summed E-state index contributed by atoms with van der Waals surface area (Å²) >= 11 is 0. The first-order chi connectivity index (χ1) is 9.10. The van der Waals surface area contributed by atoms with Crippen LogP contribution >= 0.6 is 0 Å². The Morgan fingerprint density at radius 3 is 2.53 bits per heavy atom. The average molecular weight is 258 g/mol. The number of hydrogen-bond donors (Lipinski definition) is 3. The highest BCUT2D eigenvalue weighted by Gasteiger charge is 2.12. The van der Waals surface area contributed by atoms with Gasteiger partial charge in [0.05, 0.1) is 12.7 Å². The molecule has 0 heterocycles. The maximum atomic E-state index is 12.1. The molecule has 0 aromatic heterocycles. The lowest BCUT2D eigenvalue weighted by atomic mass is 10.1. The number of carbonyl (C=O) groups excluding carboxylic acids is 1. The van der Waals surface area contributed by atoms with Crippen molar-refractivity contribution in [2.75, 3.05) is 18.2 Å². The molecule has 98 valence electrons. The van der Waals surface area contributed by atoms with Crippen LogP contribution in [0, 0.1) is 0 Å². The van der Waals surface area contributed by atoms with Crippen molar-refractivity contribution >= 4 is 17.3 Å². The summed E-state index contributed by atoms with van der Waals surface area (Å²) in [7, 11) is 1.48. The topological polar surface area (TPSA) is 84.6 Å². The van der Waals surface area contributed by atoms with Gasteiger partial charge >= 0.3 is 0 Å². The second-order valence-electron chi connectivity index (χ2n) is 3.96. The normalized spacial score (nSPS) is 9.95. The van der Waals surface area contributed by atoms with Gasteiger partial charge in [-0.15, -0.1) is 0 Å². The van der Waals surface area contributed by atoms with Crippen LogP contribution in [0.2, 0.25) is 0 Å². The van der Waals surface area contributed by atoms with Crippen LogP contribution in [-0.2, 0) is 0 Å². The minimum Gasteiger partial charge on any atom is -0.508 e. The van der Waals surface area contributed by atoms with Crippen molar-refractivity contribution in [3.8, 4) is 11.5 Å². The number of phenolic OH excluding ortho intramolecular Hbond substituents is 1. The average Bonchev–Trinajstić information content (AvgIpc) is 2.41. The lowest BCUT2D eigenvalue weighted by Gasteiger charge is -2.10. The first-order valence-corrected chi connectivity index (χ1v) is 5.64. The minimum atomic E-state index is -0.303. The number of nitrogen functional groups attached to an aromatic ring is 1. The molecular formula is C14H14N2O3. The fourth-order valence-electron chi connectivity index (χ4n) is 1.64. The number of amides is 1. The van der Waals surface area contributed by atoms with Crippen molar-refractivity contribution in [1.82, 2.24) is 0 Å². The molecule has 2 aromatic rings. The van der Waals surface area contributed by atoms with Gasteiger partial charge in [-0.2, -0.15) is 0 Å². The van der Waals surface area contributed by atoms with E-state index < -0.39 is 0 Å². The Morgan fingerprint density at radius 2 is 1.89 bits per heavy atom. The third-order valence-corrected chi connectivity index (χ3v) is 2.60. The van der Waals surface area contributed by atoms with Gasteiger partial charge in [0, 0.05) is 17.4 Å². The largest absolute Gasteiger partial charge is 0.508 e. The van der Waals surface area contributed by atoms with Gasteiger partial charge in [0.15, 0.2) is 0 Å². The van der Waals surface area contributed by atoms with E-state index in [0.717, 1.165) is 0 Å². The SMILES string of the molecule is COc1cc(N)ccc1C(=O)Nc1ccc(O)cc1. The summed E-state index contributed by atoms with van der Waals surface area (Å²) in [5.41, 5.74) is 7.14. The monoisotopic (exact) mass is 258 g/mol. The van der Waals surface area contributed by atoms with Crippen molar-refractivity contribution in [2.24, 2.45) is 0 Å². The number of nitrogens with two attached hydrogens (primary N) is 1. The molecule has 0 aliphatic heterocycles. The first kappa shape index (κ1) is 12.8. The standard InChI is InChI=1S/C14H14N2O3/c1-19-13-8-9(15)2-7-12(13)14(18)16-10-3-5-11(17)6-4-10/h2-8,17H,15H2,1H3,(H,16,18). The summed E-state index contributed by atoms with van der Waals surface area (Å²) in [6.07, 6.45) is 0. The van der Waals surface area contributed by atoms with Crippen LogP contribution in [-0.4, -0.2) is 18.1 Å². The second-order valence-corrected chi connectivity index (χ2v) is 3.96. The maximum absolute atomic E-state index is 12.1. The summed E-state index contributed by atoms with van der Waals surface area (Å²) in [6.45, 7) is 0. The van der Waals surface area contributed by atoms with Gasteiger partial charge in [0.2, 0.25) is 0 Å².